The Balaban J connectivity index is 4.39. The van der Waals surface area contributed by atoms with Gasteiger partial charge < -0.3 is 10.1 Å². The van der Waals surface area contributed by atoms with Gasteiger partial charge in [0.25, 0.3) is 0 Å². The third-order valence-corrected chi connectivity index (χ3v) is 1.93. The maximum Gasteiger partial charge on any atom is 0.455 e. The molecule has 0 saturated heterocycles. The molecule has 0 aliphatic carbocycles. The van der Waals surface area contributed by atoms with Gasteiger partial charge in [0.15, 0.2) is 0 Å². The van der Waals surface area contributed by atoms with Crippen molar-refractivity contribution >= 4 is 11.9 Å². The second-order valence-corrected chi connectivity index (χ2v) is 3.39. The molecule has 0 spiro atoms. The number of hydrogen-bond donors (Lipinski definition) is 1. The number of rotatable bonds is 5. The van der Waals surface area contributed by atoms with Gasteiger partial charge in [-0.15, -0.1) is 0 Å². The fourth-order valence-electron chi connectivity index (χ4n) is 0.826. The zero-order valence-electron chi connectivity index (χ0n) is 9.61. The largest absolute Gasteiger partial charge is 0.465 e. The highest BCUT2D eigenvalue weighted by Crippen LogP contribution is 2.34. The molecule has 18 heavy (non-hydrogen) atoms. The predicted molar refractivity (Wildman–Crippen MR) is 49.8 cm³/mol. The van der Waals surface area contributed by atoms with Crippen LogP contribution in [0, 0.1) is 5.92 Å². The van der Waals surface area contributed by atoms with Gasteiger partial charge in [0.2, 0.25) is 5.91 Å². The molecule has 0 saturated carbocycles. The van der Waals surface area contributed by atoms with Gasteiger partial charge in [-0.3, -0.25) is 9.59 Å². The molecule has 1 atom stereocenters. The molecule has 0 aliphatic heterocycles. The van der Waals surface area contributed by atoms with E-state index in [-0.39, 0.29) is 6.61 Å². The van der Waals surface area contributed by atoms with Gasteiger partial charge in [-0.1, -0.05) is 0 Å². The molecule has 0 rings (SSSR count). The number of carbonyl (C=O) groups excluding carboxylic acids is 2. The van der Waals surface area contributed by atoms with Crippen LogP contribution in [0.3, 0.4) is 0 Å². The number of esters is 1. The fourth-order valence-corrected chi connectivity index (χ4v) is 0.826. The zero-order valence-corrected chi connectivity index (χ0v) is 9.61. The average molecular weight is 277 g/mol. The van der Waals surface area contributed by atoms with Gasteiger partial charge in [0.05, 0.1) is 13.2 Å². The Labute approximate surface area is 99.5 Å². The molecule has 1 amide bonds. The lowest BCUT2D eigenvalue weighted by molar-refractivity contribution is -0.278. The Morgan fingerprint density at radius 2 is 1.72 bits per heavy atom. The Kier molecular flexibility index (Phi) is 5.50. The average Bonchev–Trinajstić information content (AvgIpc) is 2.23. The minimum atomic E-state index is -5.76. The first-order chi connectivity index (χ1) is 8.03. The molecular weight excluding hydrogens is 265 g/mol. The first-order valence-electron chi connectivity index (χ1n) is 4.91. The second kappa shape index (κ2) is 5.96. The summed E-state index contributed by atoms with van der Waals surface area (Å²) in [7, 11) is 0. The summed E-state index contributed by atoms with van der Waals surface area (Å²) in [5.41, 5.74) is 0. The van der Waals surface area contributed by atoms with Crippen LogP contribution in [0.1, 0.15) is 13.8 Å². The quantitative estimate of drug-likeness (QED) is 0.470. The lowest BCUT2D eigenvalue weighted by Crippen LogP contribution is -2.48. The molecule has 0 unspecified atom stereocenters. The van der Waals surface area contributed by atoms with E-state index in [0.717, 1.165) is 6.92 Å². The third kappa shape index (κ3) is 4.46. The topological polar surface area (TPSA) is 55.4 Å². The van der Waals surface area contributed by atoms with Crippen molar-refractivity contribution < 1.29 is 36.3 Å². The highest BCUT2D eigenvalue weighted by atomic mass is 19.4. The third-order valence-electron chi connectivity index (χ3n) is 1.93. The van der Waals surface area contributed by atoms with Gasteiger partial charge in [-0.2, -0.15) is 22.0 Å². The highest BCUT2D eigenvalue weighted by Gasteiger charge is 2.57. The molecule has 0 heterocycles. The van der Waals surface area contributed by atoms with Crippen LogP contribution in [-0.4, -0.2) is 37.1 Å². The Bertz CT molecular complexity index is 316. The Hall–Kier alpha value is -1.41. The first kappa shape index (κ1) is 16.6. The Morgan fingerprint density at radius 3 is 2.11 bits per heavy atom. The highest BCUT2D eigenvalue weighted by molar-refractivity contribution is 5.97. The summed E-state index contributed by atoms with van der Waals surface area (Å²) in [4.78, 5) is 22.1. The van der Waals surface area contributed by atoms with Crippen LogP contribution in [0.4, 0.5) is 22.0 Å². The minimum absolute atomic E-state index is 0.0326. The Morgan fingerprint density at radius 1 is 1.22 bits per heavy atom. The molecule has 9 heteroatoms. The van der Waals surface area contributed by atoms with Crippen molar-refractivity contribution in [3.05, 3.63) is 0 Å². The first-order valence-corrected chi connectivity index (χ1v) is 4.91. The van der Waals surface area contributed by atoms with E-state index in [2.05, 4.69) is 4.74 Å². The summed E-state index contributed by atoms with van der Waals surface area (Å²) in [5.74, 6) is -8.74. The van der Waals surface area contributed by atoms with Gasteiger partial charge in [0.1, 0.15) is 5.92 Å². The molecule has 0 aliphatic rings. The summed E-state index contributed by atoms with van der Waals surface area (Å²) in [6, 6.07) is 0. The van der Waals surface area contributed by atoms with E-state index in [1.54, 1.807) is 0 Å². The molecule has 0 bridgehead atoms. The number of carbonyl (C=O) groups is 2. The van der Waals surface area contributed by atoms with E-state index >= 15 is 0 Å². The maximum atomic E-state index is 12.4. The van der Waals surface area contributed by atoms with Gasteiger partial charge in [-0.25, -0.2) is 0 Å². The van der Waals surface area contributed by atoms with Crippen LogP contribution in [0.15, 0.2) is 0 Å². The van der Waals surface area contributed by atoms with Crippen LogP contribution in [0.25, 0.3) is 0 Å². The van der Waals surface area contributed by atoms with Crippen LogP contribution in [0.2, 0.25) is 0 Å². The van der Waals surface area contributed by atoms with Crippen molar-refractivity contribution in [2.75, 3.05) is 13.2 Å². The zero-order chi connectivity index (χ0) is 14.6. The molecule has 1 N–H and O–H groups in total. The molecule has 0 aromatic carbocycles. The number of amides is 1. The molecule has 0 aromatic rings. The normalized spacial score (nSPS) is 13.9. The molecule has 4 nitrogen and oxygen atoms in total. The summed E-state index contributed by atoms with van der Waals surface area (Å²) in [6.07, 6.45) is -5.76. The molecule has 0 radical (unpaired) electrons. The number of alkyl halides is 5. The van der Waals surface area contributed by atoms with E-state index in [0.29, 0.717) is 0 Å². The maximum absolute atomic E-state index is 12.4. The monoisotopic (exact) mass is 277 g/mol. The standard InChI is InChI=1S/C9H12F5NO3/c1-3-18-7(17)5(2)6(16)15-4-8(10,11)9(12,13)14/h5H,3-4H2,1-2H3,(H,15,16)/t5-/m1/s1. The minimum Gasteiger partial charge on any atom is -0.465 e. The predicted octanol–water partition coefficient (Wildman–Crippen LogP) is 1.50. The van der Waals surface area contributed by atoms with Crippen LogP contribution in [0.5, 0.6) is 0 Å². The lowest BCUT2D eigenvalue weighted by Gasteiger charge is -2.20. The smallest absolute Gasteiger partial charge is 0.455 e. The lowest BCUT2D eigenvalue weighted by atomic mass is 10.1. The summed E-state index contributed by atoms with van der Waals surface area (Å²) >= 11 is 0. The van der Waals surface area contributed by atoms with Crippen molar-refractivity contribution in [1.29, 1.82) is 0 Å². The van der Waals surface area contributed by atoms with Crippen LogP contribution in [-0.2, 0) is 14.3 Å². The molecule has 106 valence electrons. The van der Waals surface area contributed by atoms with Crippen molar-refractivity contribution in [2.45, 2.75) is 25.9 Å². The summed E-state index contributed by atoms with van der Waals surface area (Å²) in [5, 5.41) is 1.36. The van der Waals surface area contributed by atoms with Crippen molar-refractivity contribution in [1.82, 2.24) is 5.32 Å². The number of nitrogens with one attached hydrogen (secondary N) is 1. The van der Waals surface area contributed by atoms with Crippen LogP contribution < -0.4 is 5.32 Å². The fraction of sp³-hybridized carbons (Fsp3) is 0.778. The molecule has 0 aromatic heterocycles. The van der Waals surface area contributed by atoms with E-state index < -0.39 is 36.4 Å². The number of halogens is 5. The van der Waals surface area contributed by atoms with E-state index in [9.17, 15) is 31.5 Å². The summed E-state index contributed by atoms with van der Waals surface area (Å²) in [6.45, 7) is 0.549. The molecular formula is C9H12F5NO3. The van der Waals surface area contributed by atoms with Crippen LogP contribution >= 0.6 is 0 Å². The van der Waals surface area contributed by atoms with Gasteiger partial charge >= 0.3 is 18.1 Å². The summed E-state index contributed by atoms with van der Waals surface area (Å²) < 4.78 is 64.6. The van der Waals surface area contributed by atoms with E-state index in [4.69, 9.17) is 0 Å². The van der Waals surface area contributed by atoms with Crippen molar-refractivity contribution in [2.24, 2.45) is 5.92 Å². The molecule has 0 fully saturated rings. The van der Waals surface area contributed by atoms with Crippen molar-refractivity contribution in [3.8, 4) is 0 Å². The second-order valence-electron chi connectivity index (χ2n) is 3.39. The van der Waals surface area contributed by atoms with Crippen molar-refractivity contribution in [3.63, 3.8) is 0 Å². The SMILES string of the molecule is CCOC(=O)[C@H](C)C(=O)NCC(F)(F)C(F)(F)F. The van der Waals surface area contributed by atoms with Gasteiger partial charge in [-0.05, 0) is 13.8 Å². The van der Waals surface area contributed by atoms with Gasteiger partial charge in [0, 0.05) is 0 Å². The number of ether oxygens (including phenoxy) is 1. The number of hydrogen-bond acceptors (Lipinski definition) is 3. The van der Waals surface area contributed by atoms with E-state index in [1.807, 2.05) is 0 Å². The van der Waals surface area contributed by atoms with E-state index in [1.165, 1.54) is 12.2 Å².